The third kappa shape index (κ3) is 2.65. The summed E-state index contributed by atoms with van der Waals surface area (Å²) in [5.74, 6) is 0.894. The smallest absolute Gasteiger partial charge is 0.185 e. The Balaban J connectivity index is 1.89. The van der Waals surface area contributed by atoms with Crippen LogP contribution in [0.1, 0.15) is 20.9 Å². The maximum Gasteiger partial charge on any atom is 0.185 e. The van der Waals surface area contributed by atoms with Gasteiger partial charge in [-0.3, -0.25) is 14.6 Å². The Kier molecular flexibility index (Phi) is 3.43. The zero-order chi connectivity index (χ0) is 14.7. The number of hydrogen-bond donors (Lipinski definition) is 0. The number of aromatic nitrogens is 1. The summed E-state index contributed by atoms with van der Waals surface area (Å²) in [5.41, 5.74) is 3.17. The van der Waals surface area contributed by atoms with Crippen LogP contribution < -0.4 is 0 Å². The number of pyridine rings is 1. The van der Waals surface area contributed by atoms with Gasteiger partial charge >= 0.3 is 0 Å². The van der Waals surface area contributed by atoms with E-state index in [1.807, 2.05) is 24.3 Å². The largest absolute Gasteiger partial charge is 0.453 e. The van der Waals surface area contributed by atoms with E-state index in [0.29, 0.717) is 23.4 Å². The van der Waals surface area contributed by atoms with Crippen LogP contribution in [-0.4, -0.2) is 17.6 Å². The molecular weight excluding hydrogens is 266 g/mol. The molecule has 0 N–H and O–H groups in total. The Labute approximate surface area is 121 Å². The Bertz CT molecular complexity index is 771. The van der Waals surface area contributed by atoms with Gasteiger partial charge in [0, 0.05) is 22.9 Å². The first kappa shape index (κ1) is 13.0. The van der Waals surface area contributed by atoms with Crippen molar-refractivity contribution in [3.05, 3.63) is 66.1 Å². The molecule has 0 aliphatic heterocycles. The highest BCUT2D eigenvalue weighted by atomic mass is 16.3. The van der Waals surface area contributed by atoms with Crippen LogP contribution in [0.25, 0.3) is 22.6 Å². The molecule has 0 spiro atoms. The number of rotatable bonds is 4. The number of carbonyl (C=O) groups excluding carboxylic acids is 2. The molecule has 0 saturated heterocycles. The van der Waals surface area contributed by atoms with Gasteiger partial charge < -0.3 is 4.42 Å². The van der Waals surface area contributed by atoms with Gasteiger partial charge in [-0.25, -0.2) is 0 Å². The number of furan rings is 1. The molecule has 0 unspecified atom stereocenters. The van der Waals surface area contributed by atoms with Gasteiger partial charge in [-0.1, -0.05) is 24.3 Å². The molecule has 0 fully saturated rings. The normalized spacial score (nSPS) is 10.3. The third-order valence-electron chi connectivity index (χ3n) is 3.13. The average molecular weight is 277 g/mol. The summed E-state index contributed by atoms with van der Waals surface area (Å²) in [4.78, 5) is 25.6. The van der Waals surface area contributed by atoms with Gasteiger partial charge in [0.2, 0.25) is 0 Å². The van der Waals surface area contributed by atoms with Crippen molar-refractivity contribution in [3.63, 3.8) is 0 Å². The molecule has 102 valence electrons. The summed E-state index contributed by atoms with van der Waals surface area (Å²) in [6.07, 6.45) is 3.16. The zero-order valence-electron chi connectivity index (χ0n) is 11.0. The summed E-state index contributed by atoms with van der Waals surface area (Å²) in [7, 11) is 0. The van der Waals surface area contributed by atoms with E-state index in [1.54, 1.807) is 30.5 Å². The number of carbonyl (C=O) groups is 2. The maximum atomic E-state index is 10.6. The van der Waals surface area contributed by atoms with Crippen molar-refractivity contribution in [2.24, 2.45) is 0 Å². The van der Waals surface area contributed by atoms with Crippen LogP contribution in [0, 0.1) is 0 Å². The summed E-state index contributed by atoms with van der Waals surface area (Å²) in [6.45, 7) is 0. The van der Waals surface area contributed by atoms with E-state index in [2.05, 4.69) is 4.98 Å². The lowest BCUT2D eigenvalue weighted by Gasteiger charge is -2.02. The van der Waals surface area contributed by atoms with Gasteiger partial charge in [0.25, 0.3) is 0 Å². The van der Waals surface area contributed by atoms with Crippen LogP contribution in [0.2, 0.25) is 0 Å². The molecule has 2 aromatic heterocycles. The Hall–Kier alpha value is -3.01. The summed E-state index contributed by atoms with van der Waals surface area (Å²) in [6, 6.07) is 14.3. The van der Waals surface area contributed by atoms with Crippen molar-refractivity contribution in [1.82, 2.24) is 4.98 Å². The molecule has 3 rings (SSSR count). The van der Waals surface area contributed by atoms with Crippen molar-refractivity contribution in [2.75, 3.05) is 0 Å². The van der Waals surface area contributed by atoms with Crippen LogP contribution in [0.3, 0.4) is 0 Å². The molecular formula is C17H11NO3. The van der Waals surface area contributed by atoms with Gasteiger partial charge in [0.05, 0.1) is 5.69 Å². The highest BCUT2D eigenvalue weighted by Gasteiger charge is 2.06. The molecule has 0 aliphatic rings. The summed E-state index contributed by atoms with van der Waals surface area (Å²) >= 11 is 0. The van der Waals surface area contributed by atoms with Crippen LogP contribution in [-0.2, 0) is 0 Å². The topological polar surface area (TPSA) is 60.2 Å². The first-order chi connectivity index (χ1) is 10.3. The van der Waals surface area contributed by atoms with Crippen LogP contribution in [0.5, 0.6) is 0 Å². The van der Waals surface area contributed by atoms with E-state index in [0.717, 1.165) is 23.1 Å². The molecule has 0 bridgehead atoms. The Morgan fingerprint density at radius 3 is 2.14 bits per heavy atom. The second-order valence-electron chi connectivity index (χ2n) is 4.49. The lowest BCUT2D eigenvalue weighted by molar-refractivity contribution is 0.109. The molecule has 4 heteroatoms. The fourth-order valence-corrected chi connectivity index (χ4v) is 2.01. The lowest BCUT2D eigenvalue weighted by Crippen LogP contribution is -1.85. The summed E-state index contributed by atoms with van der Waals surface area (Å²) < 4.78 is 5.35. The van der Waals surface area contributed by atoms with E-state index >= 15 is 0 Å². The van der Waals surface area contributed by atoms with Crippen molar-refractivity contribution in [3.8, 4) is 22.6 Å². The predicted molar refractivity (Wildman–Crippen MR) is 78.2 cm³/mol. The molecule has 0 atom stereocenters. The minimum Gasteiger partial charge on any atom is -0.453 e. The minimum absolute atomic E-state index is 0.290. The van der Waals surface area contributed by atoms with Gasteiger partial charge in [-0.05, 0) is 24.3 Å². The Morgan fingerprint density at radius 1 is 0.810 bits per heavy atom. The zero-order valence-corrected chi connectivity index (χ0v) is 11.0. The van der Waals surface area contributed by atoms with Crippen molar-refractivity contribution >= 4 is 12.6 Å². The Morgan fingerprint density at radius 2 is 1.57 bits per heavy atom. The first-order valence-corrected chi connectivity index (χ1v) is 6.37. The van der Waals surface area contributed by atoms with Crippen molar-refractivity contribution < 1.29 is 14.0 Å². The highest BCUT2D eigenvalue weighted by Crippen LogP contribution is 2.24. The molecule has 1 aromatic carbocycles. The van der Waals surface area contributed by atoms with Crippen LogP contribution >= 0.6 is 0 Å². The average Bonchev–Trinajstić information content (AvgIpc) is 3.04. The molecule has 0 radical (unpaired) electrons. The molecule has 0 aliphatic carbocycles. The number of benzene rings is 1. The first-order valence-electron chi connectivity index (χ1n) is 6.37. The molecule has 4 nitrogen and oxygen atoms in total. The van der Waals surface area contributed by atoms with Crippen molar-refractivity contribution in [2.45, 2.75) is 0 Å². The van der Waals surface area contributed by atoms with E-state index < -0.39 is 0 Å². The van der Waals surface area contributed by atoms with Gasteiger partial charge in [-0.2, -0.15) is 0 Å². The summed E-state index contributed by atoms with van der Waals surface area (Å²) in [5, 5.41) is 0. The quantitative estimate of drug-likeness (QED) is 0.683. The molecule has 0 amide bonds. The van der Waals surface area contributed by atoms with Gasteiger partial charge in [-0.15, -0.1) is 0 Å². The highest BCUT2D eigenvalue weighted by molar-refractivity contribution is 5.76. The fraction of sp³-hybridized carbons (Fsp3) is 0. The standard InChI is InChI=1S/C17H11NO3/c19-10-12-1-3-13(4-2-12)16-7-5-14(9-18-16)17-8-6-15(11-20)21-17/h1-11H. The van der Waals surface area contributed by atoms with Crippen LogP contribution in [0.15, 0.2) is 59.1 Å². The molecule has 3 aromatic rings. The van der Waals surface area contributed by atoms with E-state index in [1.165, 1.54) is 0 Å². The number of hydrogen-bond acceptors (Lipinski definition) is 4. The van der Waals surface area contributed by atoms with E-state index in [9.17, 15) is 9.59 Å². The maximum absolute atomic E-state index is 10.6. The minimum atomic E-state index is 0.290. The fourth-order valence-electron chi connectivity index (χ4n) is 2.01. The number of nitrogens with zero attached hydrogens (tertiary/aromatic N) is 1. The second-order valence-corrected chi connectivity index (χ2v) is 4.49. The molecule has 21 heavy (non-hydrogen) atoms. The predicted octanol–water partition coefficient (Wildman–Crippen LogP) is 3.63. The van der Waals surface area contributed by atoms with Crippen molar-refractivity contribution in [1.29, 1.82) is 0 Å². The molecule has 0 saturated carbocycles. The van der Waals surface area contributed by atoms with Crippen LogP contribution in [0.4, 0.5) is 0 Å². The monoisotopic (exact) mass is 277 g/mol. The molecule has 2 heterocycles. The van der Waals surface area contributed by atoms with E-state index in [4.69, 9.17) is 4.42 Å². The SMILES string of the molecule is O=Cc1ccc(-c2ccc(-c3ccc(C=O)o3)cn2)cc1. The number of aldehydes is 2. The third-order valence-corrected chi connectivity index (χ3v) is 3.13. The van der Waals surface area contributed by atoms with E-state index in [-0.39, 0.29) is 0 Å². The second kappa shape index (κ2) is 5.54. The van der Waals surface area contributed by atoms with Gasteiger partial charge in [0.1, 0.15) is 12.0 Å². The lowest BCUT2D eigenvalue weighted by atomic mass is 10.1. The van der Waals surface area contributed by atoms with Gasteiger partial charge in [0.15, 0.2) is 12.0 Å².